The van der Waals surface area contributed by atoms with Crippen molar-refractivity contribution in [1.29, 1.82) is 0 Å². The van der Waals surface area contributed by atoms with E-state index >= 15 is 0 Å². The molecule has 1 fully saturated rings. The molecule has 0 saturated carbocycles. The highest BCUT2D eigenvalue weighted by Gasteiger charge is 2.28. The van der Waals surface area contributed by atoms with Gasteiger partial charge in [0.1, 0.15) is 11.5 Å². The number of Topliss-reactive ketones (excluding diaryl/α,β-unsaturated/α-hetero) is 1. The van der Waals surface area contributed by atoms with Crippen molar-refractivity contribution in [3.63, 3.8) is 0 Å². The third kappa shape index (κ3) is 4.57. The van der Waals surface area contributed by atoms with E-state index in [0.717, 1.165) is 12.8 Å². The lowest BCUT2D eigenvalue weighted by Crippen LogP contribution is -2.45. The molecule has 1 aromatic carbocycles. The van der Waals surface area contributed by atoms with Gasteiger partial charge in [-0.25, -0.2) is 0 Å². The van der Waals surface area contributed by atoms with Gasteiger partial charge in [0.05, 0.1) is 0 Å². The smallest absolute Gasteiger partial charge is 0.263 e. The summed E-state index contributed by atoms with van der Waals surface area (Å²) in [6.07, 6.45) is 1.02. The predicted octanol–water partition coefficient (Wildman–Crippen LogP) is 3.40. The van der Waals surface area contributed by atoms with Crippen LogP contribution in [0.25, 0.3) is 0 Å². The zero-order valence-electron chi connectivity index (χ0n) is 14.5. The van der Waals surface area contributed by atoms with Gasteiger partial charge >= 0.3 is 0 Å². The van der Waals surface area contributed by atoms with Gasteiger partial charge in [-0.05, 0) is 50.3 Å². The molecule has 1 atom stereocenters. The average Bonchev–Trinajstić information content (AvgIpc) is 2.54. The van der Waals surface area contributed by atoms with Crippen LogP contribution in [0.3, 0.4) is 0 Å². The lowest BCUT2D eigenvalue weighted by atomic mass is 9.93. The standard InChI is InChI=1S/C19H27NO3/c1-13(2)16-5-7-18(8-6-16)23-15(4)19(22)20-11-9-17(10-12-20)14(3)21/h5-8,13,15,17H,9-12H2,1-4H3. The van der Waals surface area contributed by atoms with E-state index < -0.39 is 6.10 Å². The van der Waals surface area contributed by atoms with Crippen LogP contribution < -0.4 is 4.74 Å². The number of ketones is 1. The zero-order valence-corrected chi connectivity index (χ0v) is 14.5. The highest BCUT2D eigenvalue weighted by atomic mass is 16.5. The Balaban J connectivity index is 1.89. The topological polar surface area (TPSA) is 46.6 Å². The molecule has 0 aliphatic carbocycles. The molecule has 0 aromatic heterocycles. The molecule has 23 heavy (non-hydrogen) atoms. The van der Waals surface area contributed by atoms with E-state index in [-0.39, 0.29) is 17.6 Å². The quantitative estimate of drug-likeness (QED) is 0.836. The first kappa shape index (κ1) is 17.5. The Labute approximate surface area is 138 Å². The molecular weight excluding hydrogens is 290 g/mol. The number of rotatable bonds is 5. The predicted molar refractivity (Wildman–Crippen MR) is 90.6 cm³/mol. The van der Waals surface area contributed by atoms with Gasteiger partial charge < -0.3 is 9.64 Å². The van der Waals surface area contributed by atoms with E-state index in [1.807, 2.05) is 29.2 Å². The first-order chi connectivity index (χ1) is 10.9. The maximum Gasteiger partial charge on any atom is 0.263 e. The molecule has 4 heteroatoms. The van der Waals surface area contributed by atoms with Crippen molar-refractivity contribution in [2.75, 3.05) is 13.1 Å². The number of likely N-dealkylation sites (tertiary alicyclic amines) is 1. The summed E-state index contributed by atoms with van der Waals surface area (Å²) in [5, 5.41) is 0. The molecule has 1 aromatic rings. The van der Waals surface area contributed by atoms with Crippen molar-refractivity contribution in [3.05, 3.63) is 29.8 Å². The van der Waals surface area contributed by atoms with Gasteiger partial charge in [-0.15, -0.1) is 0 Å². The van der Waals surface area contributed by atoms with E-state index in [0.29, 0.717) is 24.8 Å². The molecule has 4 nitrogen and oxygen atoms in total. The van der Waals surface area contributed by atoms with Crippen LogP contribution in [0.1, 0.15) is 52.0 Å². The second kappa shape index (κ2) is 7.62. The molecule has 2 rings (SSSR count). The normalized spacial score (nSPS) is 17.2. The summed E-state index contributed by atoms with van der Waals surface area (Å²) in [6, 6.07) is 7.91. The van der Waals surface area contributed by atoms with Gasteiger partial charge in [0.2, 0.25) is 0 Å². The Morgan fingerprint density at radius 2 is 1.65 bits per heavy atom. The van der Waals surface area contributed by atoms with Gasteiger partial charge in [0.25, 0.3) is 5.91 Å². The number of benzene rings is 1. The maximum absolute atomic E-state index is 12.5. The number of hydrogen-bond acceptors (Lipinski definition) is 3. The van der Waals surface area contributed by atoms with Crippen LogP contribution in [-0.2, 0) is 9.59 Å². The summed E-state index contributed by atoms with van der Waals surface area (Å²) in [5.41, 5.74) is 1.25. The van der Waals surface area contributed by atoms with E-state index in [2.05, 4.69) is 13.8 Å². The molecule has 1 heterocycles. The highest BCUT2D eigenvalue weighted by molar-refractivity contribution is 5.82. The molecule has 1 aliphatic heterocycles. The maximum atomic E-state index is 12.5. The molecule has 126 valence electrons. The van der Waals surface area contributed by atoms with Crippen LogP contribution >= 0.6 is 0 Å². The van der Waals surface area contributed by atoms with E-state index in [9.17, 15) is 9.59 Å². The van der Waals surface area contributed by atoms with Crippen molar-refractivity contribution in [2.45, 2.75) is 52.6 Å². The van der Waals surface area contributed by atoms with Crippen molar-refractivity contribution in [2.24, 2.45) is 5.92 Å². The summed E-state index contributed by atoms with van der Waals surface area (Å²) in [5.74, 6) is 1.53. The van der Waals surface area contributed by atoms with Crippen molar-refractivity contribution >= 4 is 11.7 Å². The van der Waals surface area contributed by atoms with Crippen LogP contribution in [0.5, 0.6) is 5.75 Å². The van der Waals surface area contributed by atoms with Crippen LogP contribution in [0.2, 0.25) is 0 Å². The second-order valence-corrected chi connectivity index (χ2v) is 6.69. The number of carbonyl (C=O) groups is 2. The Morgan fingerprint density at radius 1 is 1.09 bits per heavy atom. The van der Waals surface area contributed by atoms with E-state index in [1.54, 1.807) is 13.8 Å². The number of carbonyl (C=O) groups excluding carboxylic acids is 2. The summed E-state index contributed by atoms with van der Waals surface area (Å²) >= 11 is 0. The molecule has 0 bridgehead atoms. The molecular formula is C19H27NO3. The van der Waals surface area contributed by atoms with Gasteiger partial charge in [-0.2, -0.15) is 0 Å². The Bertz CT molecular complexity index is 542. The van der Waals surface area contributed by atoms with Crippen LogP contribution in [-0.4, -0.2) is 35.8 Å². The Kier molecular flexibility index (Phi) is 5.80. The summed E-state index contributed by atoms with van der Waals surface area (Å²) in [7, 11) is 0. The molecule has 0 spiro atoms. The summed E-state index contributed by atoms with van der Waals surface area (Å²) < 4.78 is 5.78. The molecule has 0 N–H and O–H groups in total. The third-order valence-corrected chi connectivity index (χ3v) is 4.59. The fraction of sp³-hybridized carbons (Fsp3) is 0.579. The zero-order chi connectivity index (χ0) is 17.0. The molecule has 1 saturated heterocycles. The van der Waals surface area contributed by atoms with Crippen LogP contribution in [0.4, 0.5) is 0 Å². The fourth-order valence-corrected chi connectivity index (χ4v) is 2.95. The first-order valence-electron chi connectivity index (χ1n) is 8.44. The minimum atomic E-state index is -0.506. The third-order valence-electron chi connectivity index (χ3n) is 4.59. The Morgan fingerprint density at radius 3 is 2.13 bits per heavy atom. The molecule has 1 aliphatic rings. The fourth-order valence-electron chi connectivity index (χ4n) is 2.95. The second-order valence-electron chi connectivity index (χ2n) is 6.69. The van der Waals surface area contributed by atoms with Crippen LogP contribution in [0.15, 0.2) is 24.3 Å². The Hall–Kier alpha value is -1.84. The van der Waals surface area contributed by atoms with E-state index in [4.69, 9.17) is 4.74 Å². The molecule has 1 unspecified atom stereocenters. The summed E-state index contributed by atoms with van der Waals surface area (Å²) in [6.45, 7) is 9.00. The van der Waals surface area contributed by atoms with Crippen molar-refractivity contribution in [1.82, 2.24) is 4.90 Å². The monoisotopic (exact) mass is 317 g/mol. The van der Waals surface area contributed by atoms with Crippen LogP contribution in [0, 0.1) is 5.92 Å². The summed E-state index contributed by atoms with van der Waals surface area (Å²) in [4.78, 5) is 25.7. The van der Waals surface area contributed by atoms with Gasteiger partial charge in [0.15, 0.2) is 6.10 Å². The van der Waals surface area contributed by atoms with E-state index in [1.165, 1.54) is 5.56 Å². The first-order valence-corrected chi connectivity index (χ1v) is 8.44. The lowest BCUT2D eigenvalue weighted by Gasteiger charge is -2.32. The average molecular weight is 317 g/mol. The molecule has 1 amide bonds. The lowest BCUT2D eigenvalue weighted by molar-refractivity contribution is -0.140. The number of ether oxygens (including phenoxy) is 1. The number of piperidine rings is 1. The SMILES string of the molecule is CC(=O)C1CCN(C(=O)C(C)Oc2ccc(C(C)C)cc2)CC1. The van der Waals surface area contributed by atoms with Crippen molar-refractivity contribution < 1.29 is 14.3 Å². The van der Waals surface area contributed by atoms with Crippen molar-refractivity contribution in [3.8, 4) is 5.75 Å². The minimum Gasteiger partial charge on any atom is -0.481 e. The minimum absolute atomic E-state index is 0.0000573. The largest absolute Gasteiger partial charge is 0.481 e. The van der Waals surface area contributed by atoms with Gasteiger partial charge in [-0.1, -0.05) is 26.0 Å². The van der Waals surface area contributed by atoms with Gasteiger partial charge in [0, 0.05) is 19.0 Å². The number of nitrogens with zero attached hydrogens (tertiary/aromatic N) is 1. The van der Waals surface area contributed by atoms with Gasteiger partial charge in [-0.3, -0.25) is 9.59 Å². The number of hydrogen-bond donors (Lipinski definition) is 0. The highest BCUT2D eigenvalue weighted by Crippen LogP contribution is 2.22. The number of amides is 1. The molecule has 0 radical (unpaired) electrons.